The third-order valence-electron chi connectivity index (χ3n) is 4.43. The van der Waals surface area contributed by atoms with Gasteiger partial charge >= 0.3 is 5.97 Å². The van der Waals surface area contributed by atoms with Gasteiger partial charge in [0.1, 0.15) is 5.60 Å². The minimum Gasteiger partial charge on any atom is -0.460 e. The van der Waals surface area contributed by atoms with Crippen LogP contribution in [0.15, 0.2) is 16.8 Å². The zero-order chi connectivity index (χ0) is 23.6. The summed E-state index contributed by atoms with van der Waals surface area (Å²) in [6.45, 7) is 14.4. The predicted octanol–water partition coefficient (Wildman–Crippen LogP) is 4.57. The van der Waals surface area contributed by atoms with Crippen molar-refractivity contribution in [3.8, 4) is 11.1 Å². The Kier molecular flexibility index (Phi) is 7.75. The van der Waals surface area contributed by atoms with Crippen LogP contribution in [0.1, 0.15) is 77.9 Å². The van der Waals surface area contributed by atoms with Crippen molar-refractivity contribution in [1.82, 2.24) is 14.9 Å². The Hall–Kier alpha value is -2.13. The number of nitrogens with zero attached hydrogens (tertiary/aromatic N) is 2. The SMILES string of the molecule is CCc1c(-c2c(C)noc2[C@H](CC(=O)OC(C)(C)C)N[S@@](=O)C(C)(C)C)ccnc1F. The third kappa shape index (κ3) is 6.43. The molecule has 0 unspecified atom stereocenters. The van der Waals surface area contributed by atoms with E-state index in [1.54, 1.807) is 33.8 Å². The van der Waals surface area contributed by atoms with E-state index in [2.05, 4.69) is 14.9 Å². The van der Waals surface area contributed by atoms with E-state index in [4.69, 9.17) is 9.26 Å². The topological polar surface area (TPSA) is 94.3 Å². The third-order valence-corrected chi connectivity index (χ3v) is 6.04. The quantitative estimate of drug-likeness (QED) is 0.487. The van der Waals surface area contributed by atoms with Gasteiger partial charge in [-0.2, -0.15) is 4.39 Å². The van der Waals surface area contributed by atoms with Gasteiger partial charge in [0.25, 0.3) is 0 Å². The second-order valence-electron chi connectivity index (χ2n) is 9.33. The summed E-state index contributed by atoms with van der Waals surface area (Å²) in [4.78, 5) is 16.4. The summed E-state index contributed by atoms with van der Waals surface area (Å²) in [6.07, 6.45) is 1.66. The summed E-state index contributed by atoms with van der Waals surface area (Å²) >= 11 is 0. The number of esters is 1. The maximum Gasteiger partial charge on any atom is 0.308 e. The van der Waals surface area contributed by atoms with Crippen LogP contribution in [0.25, 0.3) is 11.1 Å². The zero-order valence-electron chi connectivity index (χ0n) is 19.5. The van der Waals surface area contributed by atoms with E-state index in [0.717, 1.165) is 0 Å². The van der Waals surface area contributed by atoms with Crippen molar-refractivity contribution in [2.24, 2.45) is 0 Å². The number of carbonyl (C=O) groups is 1. The van der Waals surface area contributed by atoms with E-state index in [0.29, 0.717) is 34.6 Å². The number of rotatable bonds is 7. The first-order valence-corrected chi connectivity index (χ1v) is 11.4. The van der Waals surface area contributed by atoms with Crippen LogP contribution in [0.4, 0.5) is 4.39 Å². The number of aromatic nitrogens is 2. The predicted molar refractivity (Wildman–Crippen MR) is 118 cm³/mol. The molecule has 0 amide bonds. The highest BCUT2D eigenvalue weighted by atomic mass is 32.2. The van der Waals surface area contributed by atoms with Crippen LogP contribution in [0.5, 0.6) is 0 Å². The molecule has 0 bridgehead atoms. The first kappa shape index (κ1) is 25.1. The molecule has 172 valence electrons. The number of pyridine rings is 1. The Morgan fingerprint density at radius 1 is 1.29 bits per heavy atom. The lowest BCUT2D eigenvalue weighted by molar-refractivity contribution is -0.155. The van der Waals surface area contributed by atoms with Gasteiger partial charge in [-0.25, -0.2) is 13.9 Å². The zero-order valence-corrected chi connectivity index (χ0v) is 20.3. The molecule has 0 aliphatic rings. The minimum atomic E-state index is -1.51. The summed E-state index contributed by atoms with van der Waals surface area (Å²) < 4.78 is 40.7. The van der Waals surface area contributed by atoms with Crippen molar-refractivity contribution >= 4 is 17.0 Å². The monoisotopic (exact) mass is 453 g/mol. The van der Waals surface area contributed by atoms with Gasteiger partial charge in [0.2, 0.25) is 5.95 Å². The molecule has 2 atom stereocenters. The molecule has 0 radical (unpaired) electrons. The first-order valence-electron chi connectivity index (χ1n) is 10.2. The normalized spacial score (nSPS) is 14.4. The van der Waals surface area contributed by atoms with E-state index < -0.39 is 39.3 Å². The second kappa shape index (κ2) is 9.56. The molecular weight excluding hydrogens is 421 g/mol. The second-order valence-corrected chi connectivity index (χ2v) is 11.3. The average molecular weight is 454 g/mol. The molecule has 2 rings (SSSR count). The van der Waals surface area contributed by atoms with Gasteiger partial charge < -0.3 is 9.26 Å². The Morgan fingerprint density at radius 3 is 2.48 bits per heavy atom. The first-order chi connectivity index (χ1) is 14.2. The summed E-state index contributed by atoms with van der Waals surface area (Å²) in [6, 6.07) is 0.906. The molecular formula is C22H32FN3O4S. The number of hydrogen-bond donors (Lipinski definition) is 1. The molecule has 7 nitrogen and oxygen atoms in total. The van der Waals surface area contributed by atoms with Gasteiger partial charge in [0.05, 0.1) is 33.9 Å². The highest BCUT2D eigenvalue weighted by Gasteiger charge is 2.33. The number of halogens is 1. The number of hydrogen-bond acceptors (Lipinski definition) is 6. The lowest BCUT2D eigenvalue weighted by Gasteiger charge is -2.25. The van der Waals surface area contributed by atoms with Crippen LogP contribution in [-0.2, 0) is 26.9 Å². The van der Waals surface area contributed by atoms with Crippen LogP contribution in [0.3, 0.4) is 0 Å². The van der Waals surface area contributed by atoms with E-state index in [1.165, 1.54) is 6.20 Å². The lowest BCUT2D eigenvalue weighted by atomic mass is 9.95. The molecule has 0 aliphatic carbocycles. The Morgan fingerprint density at radius 2 is 1.94 bits per heavy atom. The summed E-state index contributed by atoms with van der Waals surface area (Å²) in [5.41, 5.74) is 1.43. The smallest absolute Gasteiger partial charge is 0.308 e. The number of carbonyl (C=O) groups excluding carboxylic acids is 1. The van der Waals surface area contributed by atoms with Gasteiger partial charge in [-0.05, 0) is 66.5 Å². The minimum absolute atomic E-state index is 0.129. The van der Waals surface area contributed by atoms with Crippen LogP contribution in [0.2, 0.25) is 0 Å². The lowest BCUT2D eigenvalue weighted by Crippen LogP contribution is -2.37. The Bertz CT molecular complexity index is 961. The standard InChI is InChI=1S/C22H32FN3O4S/c1-9-14-15(10-11-24-20(14)23)18-13(2)25-30-19(18)16(26-31(28)22(6,7)8)12-17(27)29-21(3,4)5/h10-11,16,26H,9,12H2,1-8H3/t16-,31-/m0/s1. The molecule has 0 fully saturated rings. The Balaban J connectivity index is 2.56. The van der Waals surface area contributed by atoms with Crippen LogP contribution in [-0.4, -0.2) is 30.7 Å². The van der Waals surface area contributed by atoms with E-state index in [9.17, 15) is 13.4 Å². The maximum atomic E-state index is 14.4. The molecule has 31 heavy (non-hydrogen) atoms. The van der Waals surface area contributed by atoms with E-state index >= 15 is 0 Å². The van der Waals surface area contributed by atoms with Crippen molar-refractivity contribution in [3.05, 3.63) is 35.2 Å². The molecule has 0 saturated carbocycles. The summed E-state index contributed by atoms with van der Waals surface area (Å²) in [5.74, 6) is -0.740. The average Bonchev–Trinajstić information content (AvgIpc) is 2.99. The number of aryl methyl sites for hydroxylation is 1. The van der Waals surface area contributed by atoms with Crippen molar-refractivity contribution in [2.45, 2.75) is 84.6 Å². The van der Waals surface area contributed by atoms with Gasteiger partial charge in [-0.15, -0.1) is 0 Å². The molecule has 1 N–H and O–H groups in total. The number of nitrogens with one attached hydrogen (secondary N) is 1. The fourth-order valence-electron chi connectivity index (χ4n) is 3.03. The van der Waals surface area contributed by atoms with Gasteiger partial charge in [-0.3, -0.25) is 4.79 Å². The molecule has 0 spiro atoms. The molecule has 2 aromatic rings. The molecule has 0 aromatic carbocycles. The molecule has 2 aromatic heterocycles. The van der Waals surface area contributed by atoms with Gasteiger partial charge in [-0.1, -0.05) is 12.1 Å². The summed E-state index contributed by atoms with van der Waals surface area (Å²) in [5, 5.41) is 4.06. The highest BCUT2D eigenvalue weighted by Crippen LogP contribution is 2.36. The Labute approximate surface area is 185 Å². The maximum absolute atomic E-state index is 14.4. The largest absolute Gasteiger partial charge is 0.460 e. The van der Waals surface area contributed by atoms with Crippen LogP contribution < -0.4 is 4.72 Å². The van der Waals surface area contributed by atoms with Gasteiger partial charge in [0.15, 0.2) is 5.76 Å². The van der Waals surface area contributed by atoms with Crippen molar-refractivity contribution < 1.29 is 22.7 Å². The van der Waals surface area contributed by atoms with Crippen LogP contribution in [0, 0.1) is 12.9 Å². The highest BCUT2D eigenvalue weighted by molar-refractivity contribution is 7.84. The van der Waals surface area contributed by atoms with Crippen molar-refractivity contribution in [2.75, 3.05) is 0 Å². The fourth-order valence-corrected chi connectivity index (χ4v) is 3.84. The molecule has 9 heteroatoms. The fraction of sp³-hybridized carbons (Fsp3) is 0.591. The van der Waals surface area contributed by atoms with Crippen LogP contribution >= 0.6 is 0 Å². The van der Waals surface area contributed by atoms with Gasteiger partial charge in [0, 0.05) is 17.3 Å². The molecule has 2 heterocycles. The van der Waals surface area contributed by atoms with E-state index in [1.807, 2.05) is 27.7 Å². The van der Waals surface area contributed by atoms with Crippen molar-refractivity contribution in [3.63, 3.8) is 0 Å². The van der Waals surface area contributed by atoms with Crippen molar-refractivity contribution in [1.29, 1.82) is 0 Å². The molecule has 0 saturated heterocycles. The number of ether oxygens (including phenoxy) is 1. The van der Waals surface area contributed by atoms with E-state index in [-0.39, 0.29) is 6.42 Å². The summed E-state index contributed by atoms with van der Waals surface area (Å²) in [7, 11) is -1.51. The molecule has 0 aliphatic heterocycles.